The largest absolute Gasteiger partial charge is 0.458 e. The minimum absolute atomic E-state index is 0.0561. The number of nitriles is 1. The molecule has 0 aromatic heterocycles. The summed E-state index contributed by atoms with van der Waals surface area (Å²) >= 11 is 0. The van der Waals surface area contributed by atoms with E-state index in [1.807, 2.05) is 20.9 Å². The topological polar surface area (TPSA) is 120 Å². The van der Waals surface area contributed by atoms with Crippen molar-refractivity contribution >= 4 is 11.9 Å². The van der Waals surface area contributed by atoms with Gasteiger partial charge in [-0.25, -0.2) is 0 Å². The molecule has 1 saturated heterocycles. The fourth-order valence-electron chi connectivity index (χ4n) is 8.23. The van der Waals surface area contributed by atoms with Crippen molar-refractivity contribution in [3.63, 3.8) is 0 Å². The molecule has 33 heavy (non-hydrogen) atoms. The van der Waals surface area contributed by atoms with Crippen molar-refractivity contribution in [3.8, 4) is 6.07 Å². The zero-order chi connectivity index (χ0) is 23.8. The molecule has 0 aromatic carbocycles. The number of nitrogens with one attached hydrogen (secondary N) is 2. The summed E-state index contributed by atoms with van der Waals surface area (Å²) in [5.74, 6) is 1.05. The van der Waals surface area contributed by atoms with Crippen molar-refractivity contribution in [1.82, 2.24) is 15.5 Å². The van der Waals surface area contributed by atoms with E-state index in [4.69, 9.17) is 10.5 Å². The third-order valence-corrected chi connectivity index (χ3v) is 9.69. The highest BCUT2D eigenvalue weighted by molar-refractivity contribution is 5.84. The number of carbonyl (C=O) groups excluding carboxylic acids is 2. The summed E-state index contributed by atoms with van der Waals surface area (Å²) in [7, 11) is 3.63. The van der Waals surface area contributed by atoms with Crippen LogP contribution in [-0.4, -0.2) is 66.2 Å². The molecule has 7 atom stereocenters. The summed E-state index contributed by atoms with van der Waals surface area (Å²) in [6.45, 7) is 3.97. The van der Waals surface area contributed by atoms with Crippen molar-refractivity contribution in [2.24, 2.45) is 28.9 Å². The van der Waals surface area contributed by atoms with Gasteiger partial charge in [0.05, 0.1) is 12.1 Å². The Kier molecular flexibility index (Phi) is 5.35. The molecule has 182 valence electrons. The minimum Gasteiger partial charge on any atom is -0.458 e. The number of carbonyl (C=O) groups is 2. The standard InChI is InChI=1S/C25H39N5O3/c1-23(2,29-4)20(28-3)22(32)33-25-10-14-5-15(11-25)9-24(8-14,13-25)19(27)21(31)30-17(12-26)6-16-7-18(16)30/h14-20,28-29H,5-11,13,27H2,1-4H3. The molecule has 5 aliphatic carbocycles. The Hall–Kier alpha value is -1.69. The van der Waals surface area contributed by atoms with E-state index in [0.717, 1.165) is 44.9 Å². The predicted octanol–water partition coefficient (Wildman–Crippen LogP) is 1.29. The first-order valence-electron chi connectivity index (χ1n) is 12.6. The number of ether oxygens (including phenoxy) is 1. The van der Waals surface area contributed by atoms with Crippen molar-refractivity contribution < 1.29 is 14.3 Å². The molecule has 0 radical (unpaired) electrons. The SMILES string of the molecule is CNC(C(=O)OC12CC3CC(C1)CC(C(N)C(=O)N1C(C#N)CC4CC41)(C3)C2)C(C)(C)NC. The molecule has 6 fully saturated rings. The Morgan fingerprint density at radius 2 is 1.82 bits per heavy atom. The second-order valence-electron chi connectivity index (χ2n) is 12.3. The third kappa shape index (κ3) is 3.59. The van der Waals surface area contributed by atoms with Crippen molar-refractivity contribution in [2.45, 2.75) is 101 Å². The molecule has 1 aliphatic heterocycles. The van der Waals surface area contributed by atoms with Gasteiger partial charge in [0, 0.05) is 11.6 Å². The second kappa shape index (κ2) is 7.66. The smallest absolute Gasteiger partial charge is 0.325 e. The van der Waals surface area contributed by atoms with Gasteiger partial charge in [-0.15, -0.1) is 0 Å². The van der Waals surface area contributed by atoms with E-state index in [0.29, 0.717) is 24.2 Å². The highest BCUT2D eigenvalue weighted by Crippen LogP contribution is 2.64. The first-order valence-corrected chi connectivity index (χ1v) is 12.6. The van der Waals surface area contributed by atoms with Gasteiger partial charge in [0.1, 0.15) is 17.7 Å². The van der Waals surface area contributed by atoms with E-state index in [9.17, 15) is 14.9 Å². The summed E-state index contributed by atoms with van der Waals surface area (Å²) in [6.07, 6.45) is 7.15. The van der Waals surface area contributed by atoms with Gasteiger partial charge in [-0.1, -0.05) is 0 Å². The number of nitrogens with zero attached hydrogens (tertiary/aromatic N) is 2. The summed E-state index contributed by atoms with van der Waals surface area (Å²) in [4.78, 5) is 28.8. The zero-order valence-electron chi connectivity index (χ0n) is 20.4. The summed E-state index contributed by atoms with van der Waals surface area (Å²) in [5.41, 5.74) is 5.45. The molecule has 7 unspecified atom stereocenters. The van der Waals surface area contributed by atoms with Gasteiger partial charge < -0.3 is 26.0 Å². The molecule has 6 rings (SSSR count). The lowest BCUT2D eigenvalue weighted by Crippen LogP contribution is -2.67. The fraction of sp³-hybridized carbons (Fsp3) is 0.880. The summed E-state index contributed by atoms with van der Waals surface area (Å²) in [6, 6.07) is 1.08. The summed E-state index contributed by atoms with van der Waals surface area (Å²) < 4.78 is 6.37. The van der Waals surface area contributed by atoms with Gasteiger partial charge in [-0.3, -0.25) is 9.59 Å². The van der Waals surface area contributed by atoms with Gasteiger partial charge in [0.15, 0.2) is 0 Å². The molecular formula is C25H39N5O3. The molecule has 1 heterocycles. The second-order valence-corrected chi connectivity index (χ2v) is 12.3. The quantitative estimate of drug-likeness (QED) is 0.493. The van der Waals surface area contributed by atoms with E-state index >= 15 is 0 Å². The van der Waals surface area contributed by atoms with Crippen molar-refractivity contribution in [1.29, 1.82) is 5.26 Å². The zero-order valence-corrected chi connectivity index (χ0v) is 20.4. The van der Waals surface area contributed by atoms with Crippen LogP contribution < -0.4 is 16.4 Å². The van der Waals surface area contributed by atoms with E-state index in [1.54, 1.807) is 11.9 Å². The highest BCUT2D eigenvalue weighted by atomic mass is 16.6. The van der Waals surface area contributed by atoms with Gasteiger partial charge in [-0.2, -0.15) is 5.26 Å². The number of hydrogen-bond acceptors (Lipinski definition) is 7. The lowest BCUT2D eigenvalue weighted by molar-refractivity contribution is -0.208. The van der Waals surface area contributed by atoms with Gasteiger partial charge in [-0.05, 0) is 102 Å². The number of rotatable bonds is 7. The Morgan fingerprint density at radius 3 is 2.39 bits per heavy atom. The first-order chi connectivity index (χ1) is 15.6. The van der Waals surface area contributed by atoms with Crippen LogP contribution in [0.3, 0.4) is 0 Å². The van der Waals surface area contributed by atoms with Gasteiger partial charge >= 0.3 is 5.97 Å². The van der Waals surface area contributed by atoms with Crippen LogP contribution in [0.1, 0.15) is 65.2 Å². The molecule has 0 spiro atoms. The number of likely N-dealkylation sites (N-methyl/N-ethyl adjacent to an activating group) is 2. The number of esters is 1. The number of amides is 1. The molecule has 1 amide bonds. The van der Waals surface area contributed by atoms with Gasteiger partial charge in [0.2, 0.25) is 5.91 Å². The summed E-state index contributed by atoms with van der Waals surface area (Å²) in [5, 5.41) is 15.9. The van der Waals surface area contributed by atoms with Crippen molar-refractivity contribution in [2.75, 3.05) is 14.1 Å². The Labute approximate surface area is 196 Å². The van der Waals surface area contributed by atoms with Crippen LogP contribution in [0.25, 0.3) is 0 Å². The Bertz CT molecular complexity index is 868. The molecule has 4 N–H and O–H groups in total. The van der Waals surface area contributed by atoms with Crippen LogP contribution in [0.5, 0.6) is 0 Å². The molecule has 4 bridgehead atoms. The molecule has 8 nitrogen and oxygen atoms in total. The van der Waals surface area contributed by atoms with Crippen LogP contribution in [0.2, 0.25) is 0 Å². The van der Waals surface area contributed by atoms with E-state index in [1.165, 1.54) is 0 Å². The van der Waals surface area contributed by atoms with Crippen LogP contribution in [0.4, 0.5) is 0 Å². The van der Waals surface area contributed by atoms with E-state index in [-0.39, 0.29) is 29.4 Å². The molecule has 8 heteroatoms. The first kappa shape index (κ1) is 23.1. The maximum atomic E-state index is 13.6. The molecule has 0 aromatic rings. The van der Waals surface area contributed by atoms with Crippen LogP contribution >= 0.6 is 0 Å². The van der Waals surface area contributed by atoms with Crippen LogP contribution in [0, 0.1) is 34.5 Å². The van der Waals surface area contributed by atoms with Crippen molar-refractivity contribution in [3.05, 3.63) is 0 Å². The molecule has 6 aliphatic rings. The number of hydrogen-bond donors (Lipinski definition) is 3. The average Bonchev–Trinajstić information content (AvgIpc) is 3.41. The normalized spacial score (nSPS) is 42.4. The predicted molar refractivity (Wildman–Crippen MR) is 123 cm³/mol. The number of piperidine rings is 1. The monoisotopic (exact) mass is 457 g/mol. The maximum Gasteiger partial charge on any atom is 0.325 e. The minimum atomic E-state index is -0.634. The number of nitrogens with two attached hydrogens (primary N) is 1. The highest BCUT2D eigenvalue weighted by Gasteiger charge is 2.64. The third-order valence-electron chi connectivity index (χ3n) is 9.69. The lowest BCUT2D eigenvalue weighted by Gasteiger charge is -2.62. The number of likely N-dealkylation sites (tertiary alicyclic amines) is 1. The van der Waals surface area contributed by atoms with E-state index < -0.39 is 23.2 Å². The molecular weight excluding hydrogens is 418 g/mol. The average molecular weight is 458 g/mol. The Balaban J connectivity index is 1.38. The molecule has 5 saturated carbocycles. The number of fused-ring (bicyclic) bond motifs is 1. The maximum absolute atomic E-state index is 13.6. The fourth-order valence-corrected chi connectivity index (χ4v) is 8.23. The Morgan fingerprint density at radius 1 is 1.15 bits per heavy atom. The van der Waals surface area contributed by atoms with Crippen LogP contribution in [-0.2, 0) is 14.3 Å². The lowest BCUT2D eigenvalue weighted by atomic mass is 9.46. The van der Waals surface area contributed by atoms with E-state index in [2.05, 4.69) is 16.7 Å². The van der Waals surface area contributed by atoms with Gasteiger partial charge in [0.25, 0.3) is 0 Å². The van der Waals surface area contributed by atoms with Crippen LogP contribution in [0.15, 0.2) is 0 Å².